The zero-order chi connectivity index (χ0) is 26.7. The monoisotopic (exact) mass is 506 g/mol. The summed E-state index contributed by atoms with van der Waals surface area (Å²) in [6, 6.07) is 31.2. The van der Waals surface area contributed by atoms with Gasteiger partial charge in [0.2, 0.25) is 11.8 Å². The van der Waals surface area contributed by atoms with Crippen LogP contribution in [0.15, 0.2) is 109 Å². The molecular formula is C30H26N4O4. The average Bonchev–Trinajstić information content (AvgIpc) is 2.93. The summed E-state index contributed by atoms with van der Waals surface area (Å²) in [5, 5.41) is 11.1. The number of rotatable bonds is 9. The molecule has 0 radical (unpaired) electrons. The van der Waals surface area contributed by atoms with Gasteiger partial charge in [0.1, 0.15) is 0 Å². The molecule has 0 aliphatic carbocycles. The van der Waals surface area contributed by atoms with Crippen LogP contribution in [0.4, 0.5) is 22.7 Å². The highest BCUT2D eigenvalue weighted by atomic mass is 16.2. The largest absolute Gasteiger partial charge is 0.326 e. The third kappa shape index (κ3) is 7.63. The van der Waals surface area contributed by atoms with E-state index in [1.54, 1.807) is 97.1 Å². The topological polar surface area (TPSA) is 116 Å². The molecule has 0 spiro atoms. The van der Waals surface area contributed by atoms with Crippen molar-refractivity contribution in [3.63, 3.8) is 0 Å². The summed E-state index contributed by atoms with van der Waals surface area (Å²) in [6.07, 6.45) is -0.0618. The molecule has 0 aromatic heterocycles. The fourth-order valence-corrected chi connectivity index (χ4v) is 3.61. The van der Waals surface area contributed by atoms with E-state index >= 15 is 0 Å². The normalized spacial score (nSPS) is 10.2. The summed E-state index contributed by atoms with van der Waals surface area (Å²) in [6.45, 7) is 0. The van der Waals surface area contributed by atoms with Gasteiger partial charge in [0, 0.05) is 46.7 Å². The lowest BCUT2D eigenvalue weighted by molar-refractivity contribution is -0.121. The third-order valence-electron chi connectivity index (χ3n) is 5.46. The van der Waals surface area contributed by atoms with Crippen LogP contribution < -0.4 is 21.3 Å². The van der Waals surface area contributed by atoms with Gasteiger partial charge >= 0.3 is 0 Å². The first-order valence-corrected chi connectivity index (χ1v) is 12.0. The van der Waals surface area contributed by atoms with Crippen molar-refractivity contribution < 1.29 is 19.2 Å². The van der Waals surface area contributed by atoms with E-state index in [0.29, 0.717) is 33.9 Å². The van der Waals surface area contributed by atoms with Crippen LogP contribution in [0.3, 0.4) is 0 Å². The molecule has 190 valence electrons. The van der Waals surface area contributed by atoms with Crippen molar-refractivity contribution in [1.82, 2.24) is 0 Å². The maximum Gasteiger partial charge on any atom is 0.255 e. The van der Waals surface area contributed by atoms with Gasteiger partial charge in [-0.3, -0.25) is 19.2 Å². The van der Waals surface area contributed by atoms with Gasteiger partial charge in [-0.05, 0) is 60.7 Å². The van der Waals surface area contributed by atoms with Gasteiger partial charge in [0.05, 0.1) is 0 Å². The van der Waals surface area contributed by atoms with Gasteiger partial charge in [-0.25, -0.2) is 0 Å². The lowest BCUT2D eigenvalue weighted by Gasteiger charge is -2.10. The van der Waals surface area contributed by atoms with Crippen molar-refractivity contribution in [2.24, 2.45) is 0 Å². The van der Waals surface area contributed by atoms with Gasteiger partial charge in [-0.15, -0.1) is 0 Å². The highest BCUT2D eigenvalue weighted by Crippen LogP contribution is 2.18. The predicted octanol–water partition coefficient (Wildman–Crippen LogP) is 5.55. The number of anilines is 4. The molecule has 4 N–H and O–H groups in total. The summed E-state index contributed by atoms with van der Waals surface area (Å²) in [5.41, 5.74) is 3.13. The van der Waals surface area contributed by atoms with Crippen molar-refractivity contribution in [3.05, 3.63) is 120 Å². The van der Waals surface area contributed by atoms with Crippen LogP contribution in [0.2, 0.25) is 0 Å². The second kappa shape index (κ2) is 12.6. The predicted molar refractivity (Wildman–Crippen MR) is 148 cm³/mol. The number of carbonyl (C=O) groups excluding carboxylic acids is 4. The molecule has 4 rings (SSSR count). The van der Waals surface area contributed by atoms with Crippen molar-refractivity contribution in [2.75, 3.05) is 21.3 Å². The summed E-state index contributed by atoms with van der Waals surface area (Å²) < 4.78 is 0. The lowest BCUT2D eigenvalue weighted by Crippen LogP contribution is -2.18. The molecule has 4 aromatic carbocycles. The Bertz CT molecular complexity index is 1330. The molecular weight excluding hydrogens is 480 g/mol. The maximum atomic E-state index is 12.4. The number of amides is 4. The molecule has 0 bridgehead atoms. The molecule has 0 heterocycles. The molecule has 8 nitrogen and oxygen atoms in total. The van der Waals surface area contributed by atoms with E-state index in [2.05, 4.69) is 21.3 Å². The average molecular weight is 507 g/mol. The van der Waals surface area contributed by atoms with Crippen LogP contribution in [0.5, 0.6) is 0 Å². The quantitative estimate of drug-likeness (QED) is 0.238. The number of benzene rings is 4. The summed E-state index contributed by atoms with van der Waals surface area (Å²) >= 11 is 0. The summed E-state index contributed by atoms with van der Waals surface area (Å²) in [5.74, 6) is -1.19. The lowest BCUT2D eigenvalue weighted by atomic mass is 10.2. The standard InChI is InChI=1S/C30H26N4O4/c35-27(31-23-13-7-15-25(19-23)33-29(37)21-9-3-1-4-10-21)17-18-28(36)32-24-14-8-16-26(20-24)34-30(38)22-11-5-2-6-12-22/h1-16,19-20H,17-18H2,(H,31,35)(H,32,36)(H,33,37)(H,34,38). The number of carbonyl (C=O) groups is 4. The summed E-state index contributed by atoms with van der Waals surface area (Å²) in [7, 11) is 0. The second-order valence-electron chi connectivity index (χ2n) is 8.40. The van der Waals surface area contributed by atoms with E-state index in [1.165, 1.54) is 0 Å². The van der Waals surface area contributed by atoms with Crippen molar-refractivity contribution in [2.45, 2.75) is 12.8 Å². The highest BCUT2D eigenvalue weighted by molar-refractivity contribution is 6.05. The molecule has 0 aliphatic rings. The van der Waals surface area contributed by atoms with E-state index in [4.69, 9.17) is 0 Å². The fourth-order valence-electron chi connectivity index (χ4n) is 3.61. The molecule has 0 fully saturated rings. The first kappa shape index (κ1) is 25.8. The minimum absolute atomic E-state index is 0.0309. The van der Waals surface area contributed by atoms with Crippen molar-refractivity contribution >= 4 is 46.4 Å². The molecule has 0 unspecified atom stereocenters. The van der Waals surface area contributed by atoms with Gasteiger partial charge < -0.3 is 21.3 Å². The molecule has 0 atom stereocenters. The minimum atomic E-state index is -0.337. The maximum absolute atomic E-state index is 12.4. The van der Waals surface area contributed by atoms with E-state index in [1.807, 2.05) is 12.1 Å². The van der Waals surface area contributed by atoms with Gasteiger partial charge in [-0.2, -0.15) is 0 Å². The zero-order valence-electron chi connectivity index (χ0n) is 20.4. The molecule has 8 heteroatoms. The Balaban J connectivity index is 1.25. The Morgan fingerprint density at radius 1 is 0.421 bits per heavy atom. The molecule has 0 aliphatic heterocycles. The van der Waals surface area contributed by atoms with E-state index in [9.17, 15) is 19.2 Å². The zero-order valence-corrected chi connectivity index (χ0v) is 20.4. The number of hydrogen-bond donors (Lipinski definition) is 4. The first-order valence-electron chi connectivity index (χ1n) is 12.0. The second-order valence-corrected chi connectivity index (χ2v) is 8.40. The van der Waals surface area contributed by atoms with Crippen molar-refractivity contribution in [1.29, 1.82) is 0 Å². The van der Waals surface area contributed by atoms with E-state index in [0.717, 1.165) is 0 Å². The molecule has 4 aromatic rings. The Morgan fingerprint density at radius 2 is 0.763 bits per heavy atom. The first-order chi connectivity index (χ1) is 18.5. The SMILES string of the molecule is O=C(CCC(=O)Nc1cccc(NC(=O)c2ccccc2)c1)Nc1cccc(NC(=O)c2ccccc2)c1. The third-order valence-corrected chi connectivity index (χ3v) is 5.46. The van der Waals surface area contributed by atoms with Crippen LogP contribution in [0.25, 0.3) is 0 Å². The Kier molecular flexibility index (Phi) is 8.60. The number of hydrogen-bond acceptors (Lipinski definition) is 4. The number of nitrogens with one attached hydrogen (secondary N) is 4. The van der Waals surface area contributed by atoms with Gasteiger partial charge in [0.15, 0.2) is 0 Å². The molecule has 38 heavy (non-hydrogen) atoms. The minimum Gasteiger partial charge on any atom is -0.326 e. The summed E-state index contributed by atoms with van der Waals surface area (Å²) in [4.78, 5) is 49.5. The van der Waals surface area contributed by atoms with Crippen LogP contribution in [-0.2, 0) is 9.59 Å². The highest BCUT2D eigenvalue weighted by Gasteiger charge is 2.11. The van der Waals surface area contributed by atoms with Crippen LogP contribution in [0.1, 0.15) is 33.6 Å². The van der Waals surface area contributed by atoms with E-state index in [-0.39, 0.29) is 36.5 Å². The molecule has 0 saturated heterocycles. The van der Waals surface area contributed by atoms with Crippen LogP contribution in [-0.4, -0.2) is 23.6 Å². The molecule has 0 saturated carbocycles. The van der Waals surface area contributed by atoms with Crippen molar-refractivity contribution in [3.8, 4) is 0 Å². The fraction of sp³-hybridized carbons (Fsp3) is 0.0667. The smallest absolute Gasteiger partial charge is 0.255 e. The van der Waals surface area contributed by atoms with Gasteiger partial charge in [0.25, 0.3) is 11.8 Å². The van der Waals surface area contributed by atoms with E-state index < -0.39 is 0 Å². The van der Waals surface area contributed by atoms with Gasteiger partial charge in [-0.1, -0.05) is 48.5 Å². The Hall–Kier alpha value is -5.24. The molecule has 4 amide bonds. The van der Waals surface area contributed by atoms with Crippen LogP contribution in [0, 0.1) is 0 Å². The Labute approximate surface area is 220 Å². The van der Waals surface area contributed by atoms with Crippen LogP contribution >= 0.6 is 0 Å². The Morgan fingerprint density at radius 3 is 1.13 bits per heavy atom.